The van der Waals surface area contributed by atoms with Gasteiger partial charge < -0.3 is 15.1 Å². The number of carbonyl (C=O) groups excluding carboxylic acids is 1. The van der Waals surface area contributed by atoms with E-state index >= 15 is 0 Å². The van der Waals surface area contributed by atoms with E-state index in [1.165, 1.54) is 4.57 Å². The molecule has 1 aromatic carbocycles. The van der Waals surface area contributed by atoms with Crippen molar-refractivity contribution in [3.63, 3.8) is 0 Å². The number of aryl methyl sites for hydroxylation is 1. The molecule has 0 unspecified atom stereocenters. The molecule has 1 aliphatic carbocycles. The molecule has 0 bridgehead atoms. The van der Waals surface area contributed by atoms with Crippen LogP contribution in [-0.2, 0) is 11.3 Å². The Balaban J connectivity index is 1.57. The van der Waals surface area contributed by atoms with Gasteiger partial charge in [-0.15, -0.1) is 0 Å². The highest BCUT2D eigenvalue weighted by molar-refractivity contribution is 5.84. The monoisotopic (exact) mass is 356 g/mol. The van der Waals surface area contributed by atoms with Crippen LogP contribution in [-0.4, -0.2) is 50.9 Å². The summed E-state index contributed by atoms with van der Waals surface area (Å²) in [6.45, 7) is 3.10. The van der Waals surface area contributed by atoms with E-state index in [-0.39, 0.29) is 29.8 Å². The number of pyridine rings is 1. The van der Waals surface area contributed by atoms with Crippen molar-refractivity contribution in [1.82, 2.24) is 9.47 Å². The smallest absolute Gasteiger partial charge is 0.251 e. The summed E-state index contributed by atoms with van der Waals surface area (Å²) in [4.78, 5) is 27.1. The Morgan fingerprint density at radius 3 is 2.38 bits per heavy atom. The van der Waals surface area contributed by atoms with Gasteiger partial charge in [-0.05, 0) is 43.2 Å². The molecule has 2 aromatic rings. The molecule has 1 saturated carbocycles. The molecule has 6 heteroatoms. The number of benzene rings is 1. The van der Waals surface area contributed by atoms with Crippen molar-refractivity contribution in [1.29, 1.82) is 0 Å². The number of aliphatic hydroxyl groups excluding tert-OH is 2. The number of carbonyl (C=O) groups is 1. The van der Waals surface area contributed by atoms with Crippen LogP contribution in [0.1, 0.15) is 18.4 Å². The Morgan fingerprint density at radius 2 is 1.73 bits per heavy atom. The third-order valence-corrected chi connectivity index (χ3v) is 5.98. The minimum absolute atomic E-state index is 0.0180. The molecule has 2 heterocycles. The summed E-state index contributed by atoms with van der Waals surface area (Å²) in [7, 11) is 0. The van der Waals surface area contributed by atoms with Gasteiger partial charge in [0.05, 0.1) is 17.7 Å². The molecule has 1 saturated heterocycles. The van der Waals surface area contributed by atoms with E-state index in [1.807, 2.05) is 31.2 Å². The molecule has 2 fully saturated rings. The molecule has 4 rings (SSSR count). The normalized spacial score (nSPS) is 28.3. The molecule has 26 heavy (non-hydrogen) atoms. The number of hydrogen-bond donors (Lipinski definition) is 2. The fraction of sp³-hybridized carbons (Fsp3) is 0.500. The van der Waals surface area contributed by atoms with Crippen LogP contribution < -0.4 is 5.56 Å². The Labute approximate surface area is 151 Å². The van der Waals surface area contributed by atoms with E-state index < -0.39 is 12.2 Å². The molecule has 2 N–H and O–H groups in total. The van der Waals surface area contributed by atoms with E-state index in [2.05, 4.69) is 0 Å². The highest BCUT2D eigenvalue weighted by Crippen LogP contribution is 2.36. The van der Waals surface area contributed by atoms with E-state index in [4.69, 9.17) is 0 Å². The second kappa shape index (κ2) is 6.52. The number of aliphatic hydroxyl groups is 2. The van der Waals surface area contributed by atoms with Gasteiger partial charge in [-0.25, -0.2) is 0 Å². The van der Waals surface area contributed by atoms with Crippen LogP contribution in [0.3, 0.4) is 0 Å². The van der Waals surface area contributed by atoms with Crippen LogP contribution in [0, 0.1) is 18.8 Å². The lowest BCUT2D eigenvalue weighted by Gasteiger charge is -2.31. The first kappa shape index (κ1) is 17.2. The number of likely N-dealkylation sites (tertiary alicyclic amines) is 1. The van der Waals surface area contributed by atoms with Crippen molar-refractivity contribution in [2.24, 2.45) is 11.8 Å². The zero-order valence-corrected chi connectivity index (χ0v) is 14.8. The molecule has 0 radical (unpaired) electrons. The van der Waals surface area contributed by atoms with Crippen molar-refractivity contribution in [3.8, 4) is 0 Å². The maximum absolute atomic E-state index is 12.8. The summed E-state index contributed by atoms with van der Waals surface area (Å²) in [5, 5.41) is 20.7. The molecule has 4 atom stereocenters. The SMILES string of the molecule is Cc1cc(=O)n(CC(=O)N2C[C@H]3C[C@H](O)[C@H](O)C[C@H]3C2)c2ccccc12. The fourth-order valence-corrected chi connectivity index (χ4v) is 4.51. The van der Waals surface area contributed by atoms with E-state index in [0.29, 0.717) is 25.9 Å². The first-order valence-corrected chi connectivity index (χ1v) is 9.17. The summed E-state index contributed by atoms with van der Waals surface area (Å²) >= 11 is 0. The predicted octanol–water partition coefficient (Wildman–Crippen LogP) is 0.900. The Hall–Kier alpha value is -2.18. The maximum atomic E-state index is 12.8. The lowest BCUT2D eigenvalue weighted by Crippen LogP contribution is -2.38. The van der Waals surface area contributed by atoms with Gasteiger partial charge in [0.1, 0.15) is 6.54 Å². The minimum Gasteiger partial charge on any atom is -0.390 e. The number of aromatic nitrogens is 1. The van der Waals surface area contributed by atoms with Crippen molar-refractivity contribution in [2.75, 3.05) is 13.1 Å². The van der Waals surface area contributed by atoms with Crippen molar-refractivity contribution in [2.45, 2.75) is 38.5 Å². The molecular weight excluding hydrogens is 332 g/mol. The topological polar surface area (TPSA) is 82.8 Å². The van der Waals surface area contributed by atoms with Gasteiger partial charge in [0.25, 0.3) is 5.56 Å². The van der Waals surface area contributed by atoms with Crippen molar-refractivity contribution < 1.29 is 15.0 Å². The van der Waals surface area contributed by atoms with Crippen LogP contribution in [0.25, 0.3) is 10.9 Å². The lowest BCUT2D eigenvalue weighted by molar-refractivity contribution is -0.131. The summed E-state index contributed by atoms with van der Waals surface area (Å²) in [6, 6.07) is 9.20. The van der Waals surface area contributed by atoms with Crippen LogP contribution >= 0.6 is 0 Å². The molecule has 0 spiro atoms. The Kier molecular flexibility index (Phi) is 4.32. The number of rotatable bonds is 2. The highest BCUT2D eigenvalue weighted by atomic mass is 16.3. The zero-order chi connectivity index (χ0) is 18.4. The molecule has 138 valence electrons. The molecular formula is C20H24N2O4. The van der Waals surface area contributed by atoms with Crippen molar-refractivity contribution in [3.05, 3.63) is 46.2 Å². The third-order valence-electron chi connectivity index (χ3n) is 5.98. The standard InChI is InChI=1S/C20H24N2O4/c1-12-6-19(25)22(16-5-3-2-4-15(12)16)11-20(26)21-9-13-7-17(23)18(24)8-14(13)10-21/h2-6,13-14,17-18,23-24H,7-11H2,1H3/t13-,14+,17+,18-. The maximum Gasteiger partial charge on any atom is 0.251 e. The third kappa shape index (κ3) is 2.93. The fourth-order valence-electron chi connectivity index (χ4n) is 4.51. The highest BCUT2D eigenvalue weighted by Gasteiger charge is 2.42. The number of fused-ring (bicyclic) bond motifs is 2. The van der Waals surface area contributed by atoms with Gasteiger partial charge in [0.2, 0.25) is 5.91 Å². The van der Waals surface area contributed by atoms with Gasteiger partial charge in [-0.2, -0.15) is 0 Å². The molecule has 6 nitrogen and oxygen atoms in total. The summed E-state index contributed by atoms with van der Waals surface area (Å²) in [5.74, 6) is 0.368. The number of para-hydroxylation sites is 1. The summed E-state index contributed by atoms with van der Waals surface area (Å²) in [6.07, 6.45) is -0.337. The van der Waals surface area contributed by atoms with E-state index in [0.717, 1.165) is 16.5 Å². The van der Waals surface area contributed by atoms with Gasteiger partial charge in [-0.3, -0.25) is 14.2 Å². The quantitative estimate of drug-likeness (QED) is 0.838. The average Bonchev–Trinajstić information content (AvgIpc) is 3.01. The zero-order valence-electron chi connectivity index (χ0n) is 14.8. The Morgan fingerprint density at radius 1 is 1.12 bits per heavy atom. The lowest BCUT2D eigenvalue weighted by atomic mass is 9.79. The second-order valence-electron chi connectivity index (χ2n) is 7.69. The predicted molar refractivity (Wildman–Crippen MR) is 97.8 cm³/mol. The van der Waals surface area contributed by atoms with Crippen molar-refractivity contribution >= 4 is 16.8 Å². The Bertz CT molecular complexity index is 888. The van der Waals surface area contributed by atoms with Crippen LogP contribution in [0.15, 0.2) is 35.1 Å². The number of hydrogen-bond acceptors (Lipinski definition) is 4. The van der Waals surface area contributed by atoms with Gasteiger partial charge >= 0.3 is 0 Å². The molecule has 1 aromatic heterocycles. The average molecular weight is 356 g/mol. The first-order valence-electron chi connectivity index (χ1n) is 9.17. The van der Waals surface area contributed by atoms with E-state index in [1.54, 1.807) is 11.0 Å². The summed E-state index contributed by atoms with van der Waals surface area (Å²) < 4.78 is 1.54. The van der Waals surface area contributed by atoms with Crippen LogP contribution in [0.5, 0.6) is 0 Å². The minimum atomic E-state index is -0.699. The molecule has 1 amide bonds. The first-order chi connectivity index (χ1) is 12.4. The summed E-state index contributed by atoms with van der Waals surface area (Å²) in [5.41, 5.74) is 1.51. The van der Waals surface area contributed by atoms with Crippen LogP contribution in [0.4, 0.5) is 0 Å². The number of amides is 1. The van der Waals surface area contributed by atoms with Gasteiger partial charge in [0, 0.05) is 24.5 Å². The number of nitrogens with zero attached hydrogens (tertiary/aromatic N) is 2. The molecule has 1 aliphatic heterocycles. The molecule has 2 aliphatic rings. The van der Waals surface area contributed by atoms with Crippen LogP contribution in [0.2, 0.25) is 0 Å². The largest absolute Gasteiger partial charge is 0.390 e. The van der Waals surface area contributed by atoms with Gasteiger partial charge in [-0.1, -0.05) is 18.2 Å². The van der Waals surface area contributed by atoms with E-state index in [9.17, 15) is 19.8 Å². The van der Waals surface area contributed by atoms with Gasteiger partial charge in [0.15, 0.2) is 0 Å². The second-order valence-corrected chi connectivity index (χ2v) is 7.69.